The number of hydrogen-bond acceptors (Lipinski definition) is 4. The third-order valence-corrected chi connectivity index (χ3v) is 2.88. The van der Waals surface area contributed by atoms with Crippen molar-refractivity contribution >= 4 is 18.1 Å². The van der Waals surface area contributed by atoms with Gasteiger partial charge in [0, 0.05) is 5.41 Å². The first kappa shape index (κ1) is 17.0. The Bertz CT molecular complexity index is 530. The molecule has 0 aliphatic carbocycles. The molecule has 1 rings (SSSR count). The molecule has 1 N–H and O–H groups in total. The molecule has 0 unspecified atom stereocenters. The second-order valence-electron chi connectivity index (χ2n) is 6.38. The lowest BCUT2D eigenvalue weighted by Gasteiger charge is -2.22. The van der Waals surface area contributed by atoms with E-state index in [1.165, 1.54) is 7.11 Å². The van der Waals surface area contributed by atoms with E-state index in [9.17, 15) is 9.59 Å². The highest BCUT2D eigenvalue weighted by molar-refractivity contribution is 5.87. The summed E-state index contributed by atoms with van der Waals surface area (Å²) >= 11 is 0. The zero-order valence-electron chi connectivity index (χ0n) is 13.4. The first-order valence-electron chi connectivity index (χ1n) is 6.74. The van der Waals surface area contributed by atoms with Crippen molar-refractivity contribution in [3.63, 3.8) is 0 Å². The molecule has 5 nitrogen and oxygen atoms in total. The van der Waals surface area contributed by atoms with Gasteiger partial charge in [0.1, 0.15) is 17.6 Å². The van der Waals surface area contributed by atoms with Gasteiger partial charge in [-0.1, -0.05) is 6.07 Å². The van der Waals surface area contributed by atoms with E-state index in [0.29, 0.717) is 11.4 Å². The Morgan fingerprint density at radius 1 is 1.19 bits per heavy atom. The molecule has 0 bridgehead atoms. The molecule has 0 aliphatic heterocycles. The first-order valence-corrected chi connectivity index (χ1v) is 6.74. The second-order valence-corrected chi connectivity index (χ2v) is 6.38. The van der Waals surface area contributed by atoms with Gasteiger partial charge in [-0.2, -0.15) is 0 Å². The summed E-state index contributed by atoms with van der Waals surface area (Å²) in [6.45, 7) is 9.00. The van der Waals surface area contributed by atoms with Gasteiger partial charge in [-0.25, -0.2) is 4.79 Å². The van der Waals surface area contributed by atoms with Gasteiger partial charge in [0.15, 0.2) is 0 Å². The van der Waals surface area contributed by atoms with Crippen LogP contribution in [-0.2, 0) is 14.9 Å². The number of methoxy groups -OCH3 is 1. The van der Waals surface area contributed by atoms with Crippen molar-refractivity contribution in [3.8, 4) is 5.75 Å². The third-order valence-electron chi connectivity index (χ3n) is 2.88. The molecule has 0 saturated heterocycles. The molecule has 21 heavy (non-hydrogen) atoms. The van der Waals surface area contributed by atoms with E-state index in [1.807, 2.05) is 13.8 Å². The lowest BCUT2D eigenvalue weighted by Crippen LogP contribution is -2.27. The highest BCUT2D eigenvalue weighted by atomic mass is 16.6. The average molecular weight is 293 g/mol. The van der Waals surface area contributed by atoms with Gasteiger partial charge in [-0.05, 0) is 52.3 Å². The van der Waals surface area contributed by atoms with E-state index in [0.717, 1.165) is 11.8 Å². The number of carbonyl (C=O) groups excluding carboxylic acids is 2. The molecule has 1 amide bonds. The third kappa shape index (κ3) is 4.77. The van der Waals surface area contributed by atoms with Crippen LogP contribution in [0.2, 0.25) is 0 Å². The predicted molar refractivity (Wildman–Crippen MR) is 81.9 cm³/mol. The maximum absolute atomic E-state index is 11.8. The highest BCUT2D eigenvalue weighted by Crippen LogP contribution is 2.31. The number of rotatable bonds is 4. The van der Waals surface area contributed by atoms with Crippen LogP contribution in [0.3, 0.4) is 0 Å². The van der Waals surface area contributed by atoms with Gasteiger partial charge >= 0.3 is 6.09 Å². The van der Waals surface area contributed by atoms with Crippen molar-refractivity contribution < 1.29 is 19.1 Å². The van der Waals surface area contributed by atoms with Crippen LogP contribution in [0.1, 0.15) is 40.2 Å². The molecule has 5 heteroatoms. The maximum atomic E-state index is 11.8. The van der Waals surface area contributed by atoms with Crippen LogP contribution in [-0.4, -0.2) is 25.1 Å². The topological polar surface area (TPSA) is 64.6 Å². The Morgan fingerprint density at radius 3 is 2.29 bits per heavy atom. The van der Waals surface area contributed by atoms with Gasteiger partial charge < -0.3 is 14.3 Å². The summed E-state index contributed by atoms with van der Waals surface area (Å²) in [6, 6.07) is 5.22. The molecular weight excluding hydrogens is 270 g/mol. The molecule has 0 aromatic heterocycles. The van der Waals surface area contributed by atoms with E-state index in [2.05, 4.69) is 5.32 Å². The summed E-state index contributed by atoms with van der Waals surface area (Å²) < 4.78 is 10.5. The summed E-state index contributed by atoms with van der Waals surface area (Å²) in [5.74, 6) is 0.480. The first-order chi connectivity index (χ1) is 9.59. The molecule has 1 aromatic rings. The van der Waals surface area contributed by atoms with Crippen molar-refractivity contribution in [2.45, 2.75) is 45.6 Å². The Balaban J connectivity index is 3.00. The van der Waals surface area contributed by atoms with Crippen molar-refractivity contribution in [2.75, 3.05) is 12.4 Å². The second kappa shape index (κ2) is 6.16. The summed E-state index contributed by atoms with van der Waals surface area (Å²) in [5, 5.41) is 2.64. The van der Waals surface area contributed by atoms with Crippen LogP contribution in [0, 0.1) is 0 Å². The fraction of sp³-hybridized carbons (Fsp3) is 0.500. The van der Waals surface area contributed by atoms with Crippen LogP contribution in [0.25, 0.3) is 0 Å². The van der Waals surface area contributed by atoms with E-state index in [4.69, 9.17) is 9.47 Å². The fourth-order valence-electron chi connectivity index (χ4n) is 1.68. The highest BCUT2D eigenvalue weighted by Gasteiger charge is 2.22. The van der Waals surface area contributed by atoms with E-state index in [-0.39, 0.29) is 0 Å². The minimum Gasteiger partial charge on any atom is -0.495 e. The number of carbonyl (C=O) groups is 2. The van der Waals surface area contributed by atoms with Crippen LogP contribution in [0.5, 0.6) is 5.75 Å². The lowest BCUT2D eigenvalue weighted by molar-refractivity contribution is -0.111. The quantitative estimate of drug-likeness (QED) is 0.863. The largest absolute Gasteiger partial charge is 0.495 e. The fourth-order valence-corrected chi connectivity index (χ4v) is 1.68. The Morgan fingerprint density at radius 2 is 1.81 bits per heavy atom. The SMILES string of the molecule is COc1cc(C(C)(C)C=O)ccc1NC(=O)OC(C)(C)C. The van der Waals surface area contributed by atoms with Crippen molar-refractivity contribution in [1.29, 1.82) is 0 Å². The normalized spacial score (nSPS) is 11.7. The standard InChI is InChI=1S/C16H23NO4/c1-15(2,3)21-14(19)17-12-8-7-11(9-13(12)20-6)16(4,5)10-18/h7-10H,1-6H3,(H,17,19). The molecule has 0 heterocycles. The molecule has 0 saturated carbocycles. The van der Waals surface area contributed by atoms with Gasteiger partial charge in [0.05, 0.1) is 12.8 Å². The minimum atomic E-state index is -0.613. The molecule has 0 atom stereocenters. The van der Waals surface area contributed by atoms with Gasteiger partial charge in [0.2, 0.25) is 0 Å². The minimum absolute atomic E-state index is 0.480. The van der Waals surface area contributed by atoms with Gasteiger partial charge in [-0.3, -0.25) is 5.32 Å². The zero-order valence-corrected chi connectivity index (χ0v) is 13.4. The number of aldehydes is 1. The smallest absolute Gasteiger partial charge is 0.412 e. The Labute approximate surface area is 125 Å². The number of nitrogens with one attached hydrogen (secondary N) is 1. The summed E-state index contributed by atoms with van der Waals surface area (Å²) in [7, 11) is 1.51. The Hall–Kier alpha value is -2.04. The monoisotopic (exact) mass is 293 g/mol. The molecule has 1 aromatic carbocycles. The molecule has 0 radical (unpaired) electrons. The van der Waals surface area contributed by atoms with Crippen LogP contribution < -0.4 is 10.1 Å². The summed E-state index contributed by atoms with van der Waals surface area (Å²) in [5.41, 5.74) is 0.121. The van der Waals surface area contributed by atoms with Crippen molar-refractivity contribution in [2.24, 2.45) is 0 Å². The maximum Gasteiger partial charge on any atom is 0.412 e. The van der Waals surface area contributed by atoms with Crippen molar-refractivity contribution in [1.82, 2.24) is 0 Å². The number of hydrogen-bond donors (Lipinski definition) is 1. The number of benzene rings is 1. The predicted octanol–water partition coefficient (Wildman–Crippen LogP) is 3.52. The summed E-state index contributed by atoms with van der Waals surface area (Å²) in [6.07, 6.45) is 0.325. The average Bonchev–Trinajstić information content (AvgIpc) is 2.36. The zero-order chi connectivity index (χ0) is 16.3. The van der Waals surface area contributed by atoms with Crippen LogP contribution in [0.15, 0.2) is 18.2 Å². The number of amides is 1. The van der Waals surface area contributed by atoms with Gasteiger partial charge in [-0.15, -0.1) is 0 Å². The van der Waals surface area contributed by atoms with Crippen molar-refractivity contribution in [3.05, 3.63) is 23.8 Å². The molecular formula is C16H23NO4. The molecule has 0 aliphatic rings. The van der Waals surface area contributed by atoms with Crippen LogP contribution in [0.4, 0.5) is 10.5 Å². The van der Waals surface area contributed by atoms with E-state index < -0.39 is 17.1 Å². The van der Waals surface area contributed by atoms with E-state index >= 15 is 0 Å². The molecule has 0 fully saturated rings. The number of anilines is 1. The van der Waals surface area contributed by atoms with E-state index in [1.54, 1.807) is 39.0 Å². The van der Waals surface area contributed by atoms with Crippen LogP contribution >= 0.6 is 0 Å². The lowest BCUT2D eigenvalue weighted by atomic mass is 9.86. The van der Waals surface area contributed by atoms with Gasteiger partial charge in [0.25, 0.3) is 0 Å². The number of ether oxygens (including phenoxy) is 2. The molecule has 0 spiro atoms. The Kier molecular flexibility index (Phi) is 4.99. The molecule has 116 valence electrons. The summed E-state index contributed by atoms with van der Waals surface area (Å²) in [4.78, 5) is 22.9.